The van der Waals surface area contributed by atoms with Gasteiger partial charge in [-0.2, -0.15) is 0 Å². The van der Waals surface area contributed by atoms with Crippen molar-refractivity contribution in [3.05, 3.63) is 237 Å². The first-order valence-electron chi connectivity index (χ1n) is 21.3. The van der Waals surface area contributed by atoms with Gasteiger partial charge in [-0.1, -0.05) is 188 Å². The van der Waals surface area contributed by atoms with Gasteiger partial charge in [-0.25, -0.2) is 0 Å². The normalized spacial score (nSPS) is 11.5. The summed E-state index contributed by atoms with van der Waals surface area (Å²) in [5.74, 6) is 0. The van der Waals surface area contributed by atoms with E-state index in [0.717, 1.165) is 50.0 Å². The molecule has 0 radical (unpaired) electrons. The average Bonchev–Trinajstić information content (AvgIpc) is 3.75. The van der Waals surface area contributed by atoms with Crippen LogP contribution in [0.5, 0.6) is 0 Å². The van der Waals surface area contributed by atoms with Crippen LogP contribution in [0.2, 0.25) is 0 Å². The Bertz CT molecular complexity index is 3590. The zero-order chi connectivity index (χ0) is 41.0. The number of rotatable bonds is 7. The Kier molecular flexibility index (Phi) is 8.53. The van der Waals surface area contributed by atoms with Gasteiger partial charge in [0.15, 0.2) is 0 Å². The van der Waals surface area contributed by atoms with Crippen LogP contribution in [0, 0.1) is 0 Å². The highest BCUT2D eigenvalue weighted by atomic mass is 16.3. The average molecular weight is 790 g/mol. The Hall–Kier alpha value is -8.20. The van der Waals surface area contributed by atoms with E-state index in [-0.39, 0.29) is 0 Å². The lowest BCUT2D eigenvalue weighted by Crippen LogP contribution is -2.10. The molecular weight excluding hydrogens is 751 g/mol. The fraction of sp³-hybridized carbons (Fsp3) is 0. The van der Waals surface area contributed by atoms with E-state index in [1.54, 1.807) is 0 Å². The zero-order valence-electron chi connectivity index (χ0n) is 33.9. The molecule has 0 aliphatic heterocycles. The van der Waals surface area contributed by atoms with Crippen molar-refractivity contribution in [3.8, 4) is 44.5 Å². The lowest BCUT2D eigenvalue weighted by Gasteiger charge is -2.26. The molecule has 0 unspecified atom stereocenters. The first-order chi connectivity index (χ1) is 30.8. The van der Waals surface area contributed by atoms with Crippen molar-refractivity contribution in [1.82, 2.24) is 0 Å². The summed E-state index contributed by atoms with van der Waals surface area (Å²) in [6.45, 7) is 0. The van der Waals surface area contributed by atoms with E-state index in [1.807, 2.05) is 0 Å². The van der Waals surface area contributed by atoms with Crippen LogP contribution in [0.4, 0.5) is 17.1 Å². The largest absolute Gasteiger partial charge is 0.455 e. The van der Waals surface area contributed by atoms with Crippen LogP contribution in [0.1, 0.15) is 0 Å². The van der Waals surface area contributed by atoms with E-state index in [9.17, 15) is 0 Å². The highest BCUT2D eigenvalue weighted by molar-refractivity contribution is 6.22. The second-order valence-corrected chi connectivity index (χ2v) is 16.0. The third-order valence-corrected chi connectivity index (χ3v) is 12.4. The van der Waals surface area contributed by atoms with Crippen LogP contribution in [0.15, 0.2) is 241 Å². The van der Waals surface area contributed by atoms with Crippen LogP contribution in [0.3, 0.4) is 0 Å². The predicted octanol–water partition coefficient (Wildman–Crippen LogP) is 17.2. The molecule has 62 heavy (non-hydrogen) atoms. The maximum Gasteiger partial charge on any atom is 0.143 e. The van der Waals surface area contributed by atoms with E-state index in [4.69, 9.17) is 4.42 Å². The minimum atomic E-state index is 0.865. The molecule has 0 saturated carbocycles. The SMILES string of the molecule is c1ccc(-c2ccc(N(c3ccc(-c4ccc5c(c4)c(-c4ccccc4)c(-c4ccccc4)c4ccccc45)cc3)c3cccc4oc5c6ccccc6ccc5c34)cc2)cc1. The summed E-state index contributed by atoms with van der Waals surface area (Å²) in [4.78, 5) is 2.37. The van der Waals surface area contributed by atoms with Gasteiger partial charge in [-0.15, -0.1) is 0 Å². The zero-order valence-corrected chi connectivity index (χ0v) is 33.9. The number of anilines is 3. The van der Waals surface area contributed by atoms with Crippen LogP contribution >= 0.6 is 0 Å². The summed E-state index contributed by atoms with van der Waals surface area (Å²) in [5, 5.41) is 9.47. The molecule has 0 bridgehead atoms. The molecular formula is C60H39NO. The Morgan fingerprint density at radius 1 is 0.290 bits per heavy atom. The fourth-order valence-corrected chi connectivity index (χ4v) is 9.57. The lowest BCUT2D eigenvalue weighted by molar-refractivity contribution is 0.672. The molecule has 290 valence electrons. The molecule has 0 amide bonds. The number of fused-ring (bicyclic) bond motifs is 8. The molecule has 0 spiro atoms. The molecule has 0 aliphatic rings. The molecule has 0 atom stereocenters. The van der Waals surface area contributed by atoms with Crippen molar-refractivity contribution in [2.75, 3.05) is 4.90 Å². The van der Waals surface area contributed by atoms with Crippen LogP contribution in [0.25, 0.3) is 98.8 Å². The Morgan fingerprint density at radius 2 is 0.774 bits per heavy atom. The fourth-order valence-electron chi connectivity index (χ4n) is 9.57. The third kappa shape index (κ3) is 5.96. The molecule has 1 aromatic heterocycles. The molecule has 12 rings (SSSR count). The maximum atomic E-state index is 6.70. The van der Waals surface area contributed by atoms with E-state index >= 15 is 0 Å². The van der Waals surface area contributed by atoms with Crippen LogP contribution in [-0.2, 0) is 0 Å². The van der Waals surface area contributed by atoms with Gasteiger partial charge in [0.1, 0.15) is 11.2 Å². The Morgan fingerprint density at radius 3 is 1.44 bits per heavy atom. The lowest BCUT2D eigenvalue weighted by atomic mass is 9.84. The number of nitrogens with zero attached hydrogens (tertiary/aromatic N) is 1. The van der Waals surface area contributed by atoms with Crippen molar-refractivity contribution in [3.63, 3.8) is 0 Å². The minimum Gasteiger partial charge on any atom is -0.455 e. The smallest absolute Gasteiger partial charge is 0.143 e. The van der Waals surface area contributed by atoms with Gasteiger partial charge >= 0.3 is 0 Å². The van der Waals surface area contributed by atoms with Crippen molar-refractivity contribution >= 4 is 71.3 Å². The van der Waals surface area contributed by atoms with Crippen LogP contribution in [-0.4, -0.2) is 0 Å². The molecule has 2 nitrogen and oxygen atoms in total. The van der Waals surface area contributed by atoms with Crippen molar-refractivity contribution in [1.29, 1.82) is 0 Å². The van der Waals surface area contributed by atoms with E-state index in [1.165, 1.54) is 65.9 Å². The summed E-state index contributed by atoms with van der Waals surface area (Å²) < 4.78 is 6.70. The first kappa shape index (κ1) is 35.7. The maximum absolute atomic E-state index is 6.70. The van der Waals surface area contributed by atoms with Gasteiger partial charge < -0.3 is 9.32 Å². The monoisotopic (exact) mass is 789 g/mol. The number of benzene rings is 11. The molecule has 2 heteroatoms. The van der Waals surface area contributed by atoms with Crippen molar-refractivity contribution in [2.45, 2.75) is 0 Å². The van der Waals surface area contributed by atoms with E-state index in [0.29, 0.717) is 0 Å². The third-order valence-electron chi connectivity index (χ3n) is 12.4. The van der Waals surface area contributed by atoms with E-state index < -0.39 is 0 Å². The first-order valence-corrected chi connectivity index (χ1v) is 21.3. The number of hydrogen-bond donors (Lipinski definition) is 0. The molecule has 12 aromatic rings. The van der Waals surface area contributed by atoms with Crippen molar-refractivity contribution in [2.24, 2.45) is 0 Å². The topological polar surface area (TPSA) is 16.4 Å². The second-order valence-electron chi connectivity index (χ2n) is 16.0. The molecule has 11 aromatic carbocycles. The van der Waals surface area contributed by atoms with Gasteiger partial charge in [0, 0.05) is 22.1 Å². The highest BCUT2D eigenvalue weighted by Crippen LogP contribution is 2.47. The van der Waals surface area contributed by atoms with Gasteiger partial charge in [-0.05, 0) is 120 Å². The van der Waals surface area contributed by atoms with Gasteiger partial charge in [0.2, 0.25) is 0 Å². The second kappa shape index (κ2) is 14.8. The predicted molar refractivity (Wildman–Crippen MR) is 263 cm³/mol. The molecule has 0 fully saturated rings. The highest BCUT2D eigenvalue weighted by Gasteiger charge is 2.22. The summed E-state index contributed by atoms with van der Waals surface area (Å²) in [6, 6.07) is 85.4. The van der Waals surface area contributed by atoms with Gasteiger partial charge in [0.25, 0.3) is 0 Å². The van der Waals surface area contributed by atoms with Crippen LogP contribution < -0.4 is 4.90 Å². The minimum absolute atomic E-state index is 0.865. The summed E-state index contributed by atoms with van der Waals surface area (Å²) >= 11 is 0. The molecule has 0 saturated heterocycles. The molecule has 0 N–H and O–H groups in total. The summed E-state index contributed by atoms with van der Waals surface area (Å²) in [5.41, 5.74) is 14.6. The quantitative estimate of drug-likeness (QED) is 0.150. The Labute approximate surface area is 360 Å². The summed E-state index contributed by atoms with van der Waals surface area (Å²) in [7, 11) is 0. The molecule has 0 aliphatic carbocycles. The Balaban J connectivity index is 1.03. The number of hydrogen-bond acceptors (Lipinski definition) is 2. The summed E-state index contributed by atoms with van der Waals surface area (Å²) in [6.07, 6.45) is 0. The van der Waals surface area contributed by atoms with Gasteiger partial charge in [0.05, 0.1) is 11.1 Å². The van der Waals surface area contributed by atoms with Gasteiger partial charge in [-0.3, -0.25) is 0 Å². The standard InChI is InChI=1S/C60H39NO/c1-4-15-40(16-5-1)41-27-33-47(34-28-41)61(55-25-14-26-56-59(55)53-38-31-43-17-10-11-22-49(43)60(53)62-56)48-35-29-42(30-36-48)46-32-37-51-50-23-12-13-24-52(50)57(44-18-6-2-7-19-44)58(54(51)39-46)45-20-8-3-9-21-45/h1-39H. The van der Waals surface area contributed by atoms with Crippen molar-refractivity contribution < 1.29 is 4.42 Å². The molecule has 1 heterocycles. The number of furan rings is 1. The van der Waals surface area contributed by atoms with E-state index in [2.05, 4.69) is 241 Å².